The number of halogens is 4. The smallest absolute Gasteiger partial charge is 0.279 e. The van der Waals surface area contributed by atoms with Crippen LogP contribution in [0.1, 0.15) is 5.56 Å². The second kappa shape index (κ2) is 7.53. The van der Waals surface area contributed by atoms with Crippen LogP contribution < -0.4 is 4.31 Å². The minimum Gasteiger partial charge on any atom is -0.279 e. The highest BCUT2D eigenvalue weighted by atomic mass is 35.5. The van der Waals surface area contributed by atoms with Crippen LogP contribution in [0, 0.1) is 10.1 Å². The number of carbonyl (C=O) groups excluding carboxylic acids is 1. The molecule has 0 bridgehead atoms. The lowest BCUT2D eigenvalue weighted by molar-refractivity contribution is -0.385. The molecule has 0 heterocycles. The standard InChI is InChI=1S/C15H10ClF3N2O5S/c16-14(22)9-20(11-4-1-3-10(7-11)15(17,18)19)27(25,26)13-6-2-5-12(8-13)21(23)24/h1-8H,9H2. The van der Waals surface area contributed by atoms with Gasteiger partial charge in [-0.05, 0) is 35.9 Å². The molecule has 0 radical (unpaired) electrons. The zero-order chi connectivity index (χ0) is 20.4. The molecule has 0 spiro atoms. The van der Waals surface area contributed by atoms with Crippen molar-refractivity contribution in [3.63, 3.8) is 0 Å². The SMILES string of the molecule is O=C(Cl)CN(c1cccc(C(F)(F)F)c1)S(=O)(=O)c1cccc([N+](=O)[O-])c1. The fraction of sp³-hybridized carbons (Fsp3) is 0.133. The Morgan fingerprint density at radius 1 is 1.15 bits per heavy atom. The van der Waals surface area contributed by atoms with E-state index in [-0.39, 0.29) is 0 Å². The number of nitro benzene ring substituents is 1. The van der Waals surface area contributed by atoms with Crippen LogP contribution in [-0.2, 0) is 21.0 Å². The van der Waals surface area contributed by atoms with Gasteiger partial charge in [0.05, 0.1) is 21.1 Å². The number of alkyl halides is 3. The number of non-ortho nitro benzene ring substituents is 1. The van der Waals surface area contributed by atoms with E-state index in [0.29, 0.717) is 10.4 Å². The summed E-state index contributed by atoms with van der Waals surface area (Å²) in [6.07, 6.45) is -4.75. The Bertz CT molecular complexity index is 995. The molecule has 0 aliphatic carbocycles. The van der Waals surface area contributed by atoms with Gasteiger partial charge in [0.15, 0.2) is 0 Å². The van der Waals surface area contributed by atoms with E-state index in [4.69, 9.17) is 11.6 Å². The van der Waals surface area contributed by atoms with Crippen LogP contribution in [0.5, 0.6) is 0 Å². The number of hydrogen-bond acceptors (Lipinski definition) is 5. The Kier molecular flexibility index (Phi) is 5.76. The summed E-state index contributed by atoms with van der Waals surface area (Å²) in [6, 6.07) is 7.16. The van der Waals surface area contributed by atoms with Gasteiger partial charge in [0.2, 0.25) is 5.24 Å². The van der Waals surface area contributed by atoms with E-state index in [2.05, 4.69) is 0 Å². The predicted molar refractivity (Wildman–Crippen MR) is 89.9 cm³/mol. The van der Waals surface area contributed by atoms with Gasteiger partial charge in [-0.15, -0.1) is 0 Å². The minimum absolute atomic E-state index is 0.358. The molecule has 0 fully saturated rings. The summed E-state index contributed by atoms with van der Waals surface area (Å²) in [6.45, 7) is -0.964. The third-order valence-corrected chi connectivity index (χ3v) is 5.24. The summed E-state index contributed by atoms with van der Waals surface area (Å²) < 4.78 is 64.7. The first-order valence-corrected chi connectivity index (χ1v) is 8.87. The molecule has 2 aromatic carbocycles. The van der Waals surface area contributed by atoms with Crippen LogP contribution in [0.4, 0.5) is 24.5 Å². The Hall–Kier alpha value is -2.66. The summed E-state index contributed by atoms with van der Waals surface area (Å²) in [4.78, 5) is 20.7. The zero-order valence-corrected chi connectivity index (χ0v) is 14.8. The molecule has 0 atom stereocenters. The lowest BCUT2D eigenvalue weighted by Gasteiger charge is -2.23. The van der Waals surface area contributed by atoms with Crippen molar-refractivity contribution < 1.29 is 31.3 Å². The van der Waals surface area contributed by atoms with Crippen molar-refractivity contribution in [2.45, 2.75) is 11.1 Å². The van der Waals surface area contributed by atoms with Crippen LogP contribution in [0.2, 0.25) is 0 Å². The van der Waals surface area contributed by atoms with E-state index in [1.165, 1.54) is 0 Å². The molecule has 0 aliphatic rings. The van der Waals surface area contributed by atoms with Gasteiger partial charge in [-0.1, -0.05) is 12.1 Å². The van der Waals surface area contributed by atoms with E-state index >= 15 is 0 Å². The van der Waals surface area contributed by atoms with Gasteiger partial charge in [-0.3, -0.25) is 19.2 Å². The zero-order valence-electron chi connectivity index (χ0n) is 13.2. The van der Waals surface area contributed by atoms with Crippen molar-refractivity contribution >= 4 is 38.2 Å². The lowest BCUT2D eigenvalue weighted by Crippen LogP contribution is -2.34. The van der Waals surface area contributed by atoms with E-state index in [9.17, 15) is 36.5 Å². The topological polar surface area (TPSA) is 97.6 Å². The van der Waals surface area contributed by atoms with Crippen molar-refractivity contribution in [3.8, 4) is 0 Å². The summed E-state index contributed by atoms with van der Waals surface area (Å²) in [5.41, 5.74) is -2.15. The number of rotatable bonds is 6. The Morgan fingerprint density at radius 3 is 2.33 bits per heavy atom. The minimum atomic E-state index is -4.75. The van der Waals surface area contributed by atoms with Gasteiger partial charge in [-0.2, -0.15) is 13.2 Å². The van der Waals surface area contributed by atoms with E-state index in [0.717, 1.165) is 42.5 Å². The quantitative estimate of drug-likeness (QED) is 0.402. The summed E-state index contributed by atoms with van der Waals surface area (Å²) in [5, 5.41) is 9.70. The summed E-state index contributed by atoms with van der Waals surface area (Å²) >= 11 is 5.25. The normalized spacial score (nSPS) is 11.9. The monoisotopic (exact) mass is 422 g/mol. The average Bonchev–Trinajstić information content (AvgIpc) is 2.59. The van der Waals surface area contributed by atoms with Crippen LogP contribution in [-0.4, -0.2) is 25.1 Å². The van der Waals surface area contributed by atoms with Gasteiger partial charge in [0, 0.05) is 12.1 Å². The molecule has 0 amide bonds. The fourth-order valence-electron chi connectivity index (χ4n) is 2.15. The first-order valence-electron chi connectivity index (χ1n) is 7.05. The number of sulfonamides is 1. The largest absolute Gasteiger partial charge is 0.416 e. The maximum atomic E-state index is 12.9. The number of carbonyl (C=O) groups is 1. The molecule has 0 aliphatic heterocycles. The maximum absolute atomic E-state index is 12.9. The second-order valence-electron chi connectivity index (χ2n) is 5.17. The van der Waals surface area contributed by atoms with Gasteiger partial charge in [0.1, 0.15) is 6.54 Å². The highest BCUT2D eigenvalue weighted by Gasteiger charge is 2.33. The second-order valence-corrected chi connectivity index (χ2v) is 7.45. The van der Waals surface area contributed by atoms with Gasteiger partial charge in [0.25, 0.3) is 15.7 Å². The van der Waals surface area contributed by atoms with Gasteiger partial charge < -0.3 is 0 Å². The summed E-state index contributed by atoms with van der Waals surface area (Å²) in [5.74, 6) is 0. The van der Waals surface area contributed by atoms with Gasteiger partial charge in [-0.25, -0.2) is 8.42 Å². The number of anilines is 1. The molecule has 27 heavy (non-hydrogen) atoms. The highest BCUT2D eigenvalue weighted by Crippen LogP contribution is 2.33. The van der Waals surface area contributed by atoms with Crippen LogP contribution >= 0.6 is 11.6 Å². The molecule has 0 N–H and O–H groups in total. The number of nitrogens with zero attached hydrogens (tertiary/aromatic N) is 2. The van der Waals surface area contributed by atoms with E-state index < -0.39 is 54.7 Å². The number of hydrogen-bond donors (Lipinski definition) is 0. The molecule has 2 rings (SSSR count). The van der Waals surface area contributed by atoms with Crippen molar-refractivity contribution in [2.24, 2.45) is 0 Å². The average molecular weight is 423 g/mol. The van der Waals surface area contributed by atoms with E-state index in [1.54, 1.807) is 0 Å². The Balaban J connectivity index is 2.61. The molecule has 0 aromatic heterocycles. The third kappa shape index (κ3) is 4.74. The number of nitro groups is 1. The Labute approximate surface area is 156 Å². The van der Waals surface area contributed by atoms with Crippen molar-refractivity contribution in [2.75, 3.05) is 10.8 Å². The predicted octanol–water partition coefficient (Wildman–Crippen LogP) is 3.57. The highest BCUT2D eigenvalue weighted by molar-refractivity contribution is 7.92. The molecule has 7 nitrogen and oxygen atoms in total. The van der Waals surface area contributed by atoms with Crippen LogP contribution in [0.25, 0.3) is 0 Å². The third-order valence-electron chi connectivity index (χ3n) is 3.35. The molecular formula is C15H10ClF3N2O5S. The summed E-state index contributed by atoms with van der Waals surface area (Å²) in [7, 11) is -4.61. The Morgan fingerprint density at radius 2 is 1.78 bits per heavy atom. The molecule has 0 saturated heterocycles. The molecular weight excluding hydrogens is 413 g/mol. The lowest BCUT2D eigenvalue weighted by atomic mass is 10.2. The fourth-order valence-corrected chi connectivity index (χ4v) is 3.79. The molecule has 144 valence electrons. The molecule has 0 unspecified atom stereocenters. The van der Waals surface area contributed by atoms with Crippen molar-refractivity contribution in [3.05, 3.63) is 64.2 Å². The molecule has 2 aromatic rings. The number of benzene rings is 2. The molecule has 0 saturated carbocycles. The first kappa shape index (κ1) is 20.6. The first-order chi connectivity index (χ1) is 12.4. The maximum Gasteiger partial charge on any atom is 0.416 e. The van der Waals surface area contributed by atoms with Gasteiger partial charge >= 0.3 is 6.18 Å². The van der Waals surface area contributed by atoms with Crippen LogP contribution in [0.3, 0.4) is 0 Å². The van der Waals surface area contributed by atoms with Crippen LogP contribution in [0.15, 0.2) is 53.4 Å². The van der Waals surface area contributed by atoms with Crippen molar-refractivity contribution in [1.82, 2.24) is 0 Å². The van der Waals surface area contributed by atoms with Crippen molar-refractivity contribution in [1.29, 1.82) is 0 Å². The van der Waals surface area contributed by atoms with E-state index in [1.807, 2.05) is 0 Å². The molecule has 12 heteroatoms.